The van der Waals surface area contributed by atoms with E-state index in [1.54, 1.807) is 0 Å². The molecule has 0 aliphatic rings. The molecule has 2 N–H and O–H groups in total. The molecule has 2 aromatic carbocycles. The molecule has 0 saturated carbocycles. The van der Waals surface area contributed by atoms with Gasteiger partial charge in [-0.2, -0.15) is 12.6 Å². The SMILES string of the molecule is O=C(CCCCCNC(=O)C(S)c1ccccc1)Nc1ccccc1. The number of anilines is 1. The van der Waals surface area contributed by atoms with Crippen LogP contribution in [0.1, 0.15) is 36.5 Å². The maximum atomic E-state index is 12.0. The molecule has 0 fully saturated rings. The van der Waals surface area contributed by atoms with Crippen LogP contribution in [0.2, 0.25) is 0 Å². The van der Waals surface area contributed by atoms with E-state index in [0.29, 0.717) is 13.0 Å². The number of nitrogens with one attached hydrogen (secondary N) is 2. The minimum Gasteiger partial charge on any atom is -0.355 e. The van der Waals surface area contributed by atoms with Gasteiger partial charge in [0.15, 0.2) is 0 Å². The Morgan fingerprint density at radius 3 is 2.20 bits per heavy atom. The monoisotopic (exact) mass is 356 g/mol. The van der Waals surface area contributed by atoms with E-state index in [-0.39, 0.29) is 11.8 Å². The molecule has 0 heterocycles. The molecule has 0 aliphatic carbocycles. The molecule has 0 bridgehead atoms. The van der Waals surface area contributed by atoms with Gasteiger partial charge in [-0.1, -0.05) is 55.0 Å². The van der Waals surface area contributed by atoms with Crippen molar-refractivity contribution in [3.8, 4) is 0 Å². The number of para-hydroxylation sites is 1. The van der Waals surface area contributed by atoms with E-state index in [1.165, 1.54) is 0 Å². The van der Waals surface area contributed by atoms with Gasteiger partial charge in [-0.15, -0.1) is 0 Å². The molecule has 1 atom stereocenters. The first kappa shape index (κ1) is 19.1. The largest absolute Gasteiger partial charge is 0.355 e. The second-order valence-corrected chi connectivity index (χ2v) is 6.35. The van der Waals surface area contributed by atoms with Crippen molar-refractivity contribution in [2.24, 2.45) is 0 Å². The summed E-state index contributed by atoms with van der Waals surface area (Å²) in [6, 6.07) is 18.9. The number of rotatable bonds is 9. The number of hydrogen-bond donors (Lipinski definition) is 3. The summed E-state index contributed by atoms with van der Waals surface area (Å²) < 4.78 is 0. The Morgan fingerprint density at radius 1 is 0.880 bits per heavy atom. The summed E-state index contributed by atoms with van der Waals surface area (Å²) in [6.07, 6.45) is 3.03. The number of amides is 2. The Bertz CT molecular complexity index is 662. The highest BCUT2D eigenvalue weighted by atomic mass is 32.1. The maximum Gasteiger partial charge on any atom is 0.237 e. The normalized spacial score (nSPS) is 11.6. The van der Waals surface area contributed by atoms with E-state index in [9.17, 15) is 9.59 Å². The smallest absolute Gasteiger partial charge is 0.237 e. The average Bonchev–Trinajstić information content (AvgIpc) is 2.65. The molecule has 132 valence electrons. The van der Waals surface area contributed by atoms with Crippen LogP contribution in [-0.2, 0) is 9.59 Å². The molecule has 1 unspecified atom stereocenters. The van der Waals surface area contributed by atoms with Crippen LogP contribution in [-0.4, -0.2) is 18.4 Å². The zero-order valence-corrected chi connectivity index (χ0v) is 15.0. The fourth-order valence-electron chi connectivity index (χ4n) is 2.43. The summed E-state index contributed by atoms with van der Waals surface area (Å²) in [5.41, 5.74) is 1.71. The number of unbranched alkanes of at least 4 members (excludes halogenated alkanes) is 2. The van der Waals surface area contributed by atoms with Crippen LogP contribution in [0.4, 0.5) is 5.69 Å². The summed E-state index contributed by atoms with van der Waals surface area (Å²) in [5.74, 6) is -0.0638. The third-order valence-electron chi connectivity index (χ3n) is 3.80. The lowest BCUT2D eigenvalue weighted by atomic mass is 10.1. The van der Waals surface area contributed by atoms with Gasteiger partial charge in [0.2, 0.25) is 11.8 Å². The second kappa shape index (κ2) is 10.6. The molecule has 2 rings (SSSR count). The number of hydrogen-bond acceptors (Lipinski definition) is 3. The lowest BCUT2D eigenvalue weighted by Crippen LogP contribution is -2.28. The number of thiol groups is 1. The van der Waals surface area contributed by atoms with Crippen molar-refractivity contribution in [2.45, 2.75) is 30.9 Å². The quantitative estimate of drug-likeness (QED) is 0.470. The number of benzene rings is 2. The first-order valence-electron chi connectivity index (χ1n) is 8.52. The van der Waals surface area contributed by atoms with E-state index in [0.717, 1.165) is 30.5 Å². The molecule has 0 saturated heterocycles. The van der Waals surface area contributed by atoms with Gasteiger partial charge in [0.25, 0.3) is 0 Å². The van der Waals surface area contributed by atoms with Crippen molar-refractivity contribution < 1.29 is 9.59 Å². The molecule has 25 heavy (non-hydrogen) atoms. The maximum absolute atomic E-state index is 12.0. The molecular formula is C20H24N2O2S. The van der Waals surface area contributed by atoms with Gasteiger partial charge in [0.1, 0.15) is 5.25 Å². The average molecular weight is 356 g/mol. The van der Waals surface area contributed by atoms with E-state index in [1.807, 2.05) is 60.7 Å². The topological polar surface area (TPSA) is 58.2 Å². The van der Waals surface area contributed by atoms with Crippen LogP contribution in [0.15, 0.2) is 60.7 Å². The highest BCUT2D eigenvalue weighted by Crippen LogP contribution is 2.19. The van der Waals surface area contributed by atoms with Crippen molar-refractivity contribution in [3.63, 3.8) is 0 Å². The highest BCUT2D eigenvalue weighted by Gasteiger charge is 2.14. The first-order valence-corrected chi connectivity index (χ1v) is 9.04. The summed E-state index contributed by atoms with van der Waals surface area (Å²) in [7, 11) is 0. The van der Waals surface area contributed by atoms with E-state index in [2.05, 4.69) is 23.3 Å². The van der Waals surface area contributed by atoms with Crippen LogP contribution in [0, 0.1) is 0 Å². The fourth-order valence-corrected chi connectivity index (χ4v) is 2.69. The Kier molecular flexibility index (Phi) is 8.05. The van der Waals surface area contributed by atoms with Crippen LogP contribution >= 0.6 is 12.6 Å². The molecular weight excluding hydrogens is 332 g/mol. The lowest BCUT2D eigenvalue weighted by molar-refractivity contribution is -0.120. The summed E-state index contributed by atoms with van der Waals surface area (Å²) in [6.45, 7) is 0.600. The predicted octanol–water partition coefficient (Wildman–Crippen LogP) is 3.97. The van der Waals surface area contributed by atoms with Crippen molar-refractivity contribution in [2.75, 3.05) is 11.9 Å². The Hall–Kier alpha value is -2.27. The fraction of sp³-hybridized carbons (Fsp3) is 0.300. The van der Waals surface area contributed by atoms with Gasteiger partial charge < -0.3 is 10.6 Å². The molecule has 0 aromatic heterocycles. The molecule has 5 heteroatoms. The van der Waals surface area contributed by atoms with Crippen LogP contribution in [0.3, 0.4) is 0 Å². The summed E-state index contributed by atoms with van der Waals surface area (Å²) in [5, 5.41) is 5.31. The van der Waals surface area contributed by atoms with E-state index >= 15 is 0 Å². The van der Waals surface area contributed by atoms with Gasteiger partial charge in [-0.05, 0) is 30.5 Å². The number of carbonyl (C=O) groups is 2. The van der Waals surface area contributed by atoms with Crippen LogP contribution < -0.4 is 10.6 Å². The van der Waals surface area contributed by atoms with Crippen molar-refractivity contribution >= 4 is 30.1 Å². The predicted molar refractivity (Wildman–Crippen MR) is 105 cm³/mol. The number of carbonyl (C=O) groups excluding carboxylic acids is 2. The summed E-state index contributed by atoms with van der Waals surface area (Å²) >= 11 is 4.37. The minimum absolute atomic E-state index is 0.0229. The molecule has 0 radical (unpaired) electrons. The van der Waals surface area contributed by atoms with Gasteiger partial charge in [0.05, 0.1) is 0 Å². The molecule has 2 amide bonds. The van der Waals surface area contributed by atoms with Crippen molar-refractivity contribution in [1.29, 1.82) is 0 Å². The molecule has 0 spiro atoms. The van der Waals surface area contributed by atoms with Crippen LogP contribution in [0.25, 0.3) is 0 Å². The minimum atomic E-state index is -0.446. The van der Waals surface area contributed by atoms with Gasteiger partial charge in [0, 0.05) is 18.7 Å². The summed E-state index contributed by atoms with van der Waals surface area (Å²) in [4.78, 5) is 23.8. The molecule has 2 aromatic rings. The Balaban J connectivity index is 1.56. The third kappa shape index (κ3) is 7.01. The van der Waals surface area contributed by atoms with Crippen molar-refractivity contribution in [1.82, 2.24) is 5.32 Å². The van der Waals surface area contributed by atoms with E-state index in [4.69, 9.17) is 0 Å². The third-order valence-corrected chi connectivity index (χ3v) is 4.33. The first-order chi connectivity index (χ1) is 12.2. The van der Waals surface area contributed by atoms with Crippen LogP contribution in [0.5, 0.6) is 0 Å². The van der Waals surface area contributed by atoms with Gasteiger partial charge in [-0.25, -0.2) is 0 Å². The zero-order chi connectivity index (χ0) is 17.9. The van der Waals surface area contributed by atoms with E-state index < -0.39 is 5.25 Å². The Morgan fingerprint density at radius 2 is 1.52 bits per heavy atom. The van der Waals surface area contributed by atoms with Crippen molar-refractivity contribution in [3.05, 3.63) is 66.2 Å². The Labute approximate surface area is 154 Å². The highest BCUT2D eigenvalue weighted by molar-refractivity contribution is 7.81. The lowest BCUT2D eigenvalue weighted by Gasteiger charge is -2.11. The molecule has 0 aliphatic heterocycles. The standard InChI is InChI=1S/C20H24N2O2S/c23-18(22-17-12-6-2-7-13-17)14-8-3-9-15-21-20(24)19(25)16-10-4-1-5-11-16/h1-2,4-7,10-13,19,25H,3,8-9,14-15H2,(H,21,24)(H,22,23). The van der Waals surface area contributed by atoms with Gasteiger partial charge in [-0.3, -0.25) is 9.59 Å². The second-order valence-electron chi connectivity index (χ2n) is 5.83. The van der Waals surface area contributed by atoms with Gasteiger partial charge >= 0.3 is 0 Å². The molecule has 4 nitrogen and oxygen atoms in total. The zero-order valence-electron chi connectivity index (χ0n) is 14.2.